The molecular weight excluding hydrogens is 314 g/mol. The maximum absolute atomic E-state index is 12.3. The van der Waals surface area contributed by atoms with Crippen molar-refractivity contribution in [3.8, 4) is 0 Å². The molecule has 7 heteroatoms. The minimum atomic E-state index is -0.0757. The largest absolute Gasteiger partial charge is 0.322 e. The van der Waals surface area contributed by atoms with Crippen LogP contribution in [0.3, 0.4) is 0 Å². The molecule has 2 heterocycles. The second-order valence-corrected chi connectivity index (χ2v) is 6.16. The van der Waals surface area contributed by atoms with Crippen LogP contribution in [0.4, 0.5) is 10.5 Å². The van der Waals surface area contributed by atoms with Crippen molar-refractivity contribution >= 4 is 23.3 Å². The number of halogens is 1. The van der Waals surface area contributed by atoms with Gasteiger partial charge in [-0.3, -0.25) is 9.58 Å². The molecular formula is C16H20ClN5O. The van der Waals surface area contributed by atoms with E-state index < -0.39 is 0 Å². The van der Waals surface area contributed by atoms with Crippen molar-refractivity contribution < 1.29 is 4.79 Å². The number of carbonyl (C=O) groups is 1. The molecule has 3 rings (SSSR count). The Bertz CT molecular complexity index is 679. The fourth-order valence-electron chi connectivity index (χ4n) is 2.69. The van der Waals surface area contributed by atoms with Gasteiger partial charge >= 0.3 is 6.03 Å². The van der Waals surface area contributed by atoms with E-state index in [0.29, 0.717) is 18.1 Å². The zero-order valence-corrected chi connectivity index (χ0v) is 13.8. The standard InChI is InChI=1S/C16H20ClN5O/c1-20-11-13(10-18-20)12-21-5-7-22(8-6-21)16(23)19-15-4-2-3-14(17)9-15/h2-4,9-11H,5-8,12H2,1H3,(H,19,23). The highest BCUT2D eigenvalue weighted by Gasteiger charge is 2.21. The highest BCUT2D eigenvalue weighted by Crippen LogP contribution is 2.16. The minimum Gasteiger partial charge on any atom is -0.322 e. The van der Waals surface area contributed by atoms with Crippen LogP contribution in [0.1, 0.15) is 5.56 Å². The average Bonchev–Trinajstić information content (AvgIpc) is 2.93. The maximum atomic E-state index is 12.3. The van der Waals surface area contributed by atoms with E-state index in [-0.39, 0.29) is 6.03 Å². The number of piperazine rings is 1. The summed E-state index contributed by atoms with van der Waals surface area (Å²) in [7, 11) is 1.92. The lowest BCUT2D eigenvalue weighted by atomic mass is 10.2. The lowest BCUT2D eigenvalue weighted by Crippen LogP contribution is -2.49. The summed E-state index contributed by atoms with van der Waals surface area (Å²) in [5.74, 6) is 0. The smallest absolute Gasteiger partial charge is 0.321 e. The third-order valence-electron chi connectivity index (χ3n) is 3.90. The topological polar surface area (TPSA) is 53.4 Å². The number of nitrogens with zero attached hydrogens (tertiary/aromatic N) is 4. The van der Waals surface area contributed by atoms with Crippen molar-refractivity contribution in [1.82, 2.24) is 19.6 Å². The van der Waals surface area contributed by atoms with E-state index in [0.717, 1.165) is 25.3 Å². The molecule has 2 aromatic rings. The predicted octanol–water partition coefficient (Wildman–Crippen LogP) is 2.42. The van der Waals surface area contributed by atoms with Crippen LogP contribution >= 0.6 is 11.6 Å². The van der Waals surface area contributed by atoms with Gasteiger partial charge in [0.2, 0.25) is 0 Å². The summed E-state index contributed by atoms with van der Waals surface area (Å²) >= 11 is 5.93. The van der Waals surface area contributed by atoms with E-state index in [1.54, 1.807) is 12.1 Å². The lowest BCUT2D eigenvalue weighted by Gasteiger charge is -2.34. The fourth-order valence-corrected chi connectivity index (χ4v) is 2.88. The number of hydrogen-bond donors (Lipinski definition) is 1. The normalized spacial score (nSPS) is 15.7. The summed E-state index contributed by atoms with van der Waals surface area (Å²) in [6.07, 6.45) is 3.91. The maximum Gasteiger partial charge on any atom is 0.321 e. The molecule has 2 amide bonds. The number of urea groups is 1. The van der Waals surface area contributed by atoms with Crippen molar-refractivity contribution in [3.05, 3.63) is 47.2 Å². The zero-order chi connectivity index (χ0) is 16.2. The highest BCUT2D eigenvalue weighted by atomic mass is 35.5. The van der Waals surface area contributed by atoms with Gasteiger partial charge in [-0.15, -0.1) is 0 Å². The second-order valence-electron chi connectivity index (χ2n) is 5.73. The number of aromatic nitrogens is 2. The predicted molar refractivity (Wildman–Crippen MR) is 90.5 cm³/mol. The van der Waals surface area contributed by atoms with Crippen LogP contribution < -0.4 is 5.32 Å². The Labute approximate surface area is 140 Å². The van der Waals surface area contributed by atoms with Gasteiger partial charge in [-0.05, 0) is 18.2 Å². The molecule has 0 radical (unpaired) electrons. The summed E-state index contributed by atoms with van der Waals surface area (Å²) < 4.78 is 1.81. The Hall–Kier alpha value is -2.05. The third-order valence-corrected chi connectivity index (χ3v) is 4.14. The van der Waals surface area contributed by atoms with Gasteiger partial charge in [-0.2, -0.15) is 5.10 Å². The molecule has 0 aliphatic carbocycles. The van der Waals surface area contributed by atoms with E-state index >= 15 is 0 Å². The molecule has 0 bridgehead atoms. The van der Waals surface area contributed by atoms with Crippen molar-refractivity contribution in [2.75, 3.05) is 31.5 Å². The molecule has 6 nitrogen and oxygen atoms in total. The van der Waals surface area contributed by atoms with E-state index in [1.165, 1.54) is 5.56 Å². The van der Waals surface area contributed by atoms with Gasteiger partial charge in [-0.25, -0.2) is 4.79 Å². The van der Waals surface area contributed by atoms with Gasteiger partial charge in [0.25, 0.3) is 0 Å². The van der Waals surface area contributed by atoms with Crippen molar-refractivity contribution in [2.24, 2.45) is 7.05 Å². The number of hydrogen-bond acceptors (Lipinski definition) is 3. The van der Waals surface area contributed by atoms with Crippen LogP contribution in [0.25, 0.3) is 0 Å². The van der Waals surface area contributed by atoms with Gasteiger partial charge in [-0.1, -0.05) is 17.7 Å². The molecule has 0 atom stereocenters. The number of nitrogens with one attached hydrogen (secondary N) is 1. The summed E-state index contributed by atoms with van der Waals surface area (Å²) in [5.41, 5.74) is 1.92. The van der Waals surface area contributed by atoms with Crippen LogP contribution in [-0.4, -0.2) is 51.8 Å². The van der Waals surface area contributed by atoms with Gasteiger partial charge in [0, 0.05) is 62.2 Å². The number of benzene rings is 1. The SMILES string of the molecule is Cn1cc(CN2CCN(C(=O)Nc3cccc(Cl)c3)CC2)cn1. The monoisotopic (exact) mass is 333 g/mol. The summed E-state index contributed by atoms with van der Waals surface area (Å²) in [4.78, 5) is 16.5. The summed E-state index contributed by atoms with van der Waals surface area (Å²) in [6, 6.07) is 7.12. The van der Waals surface area contributed by atoms with E-state index in [4.69, 9.17) is 11.6 Å². The molecule has 1 saturated heterocycles. The molecule has 0 spiro atoms. The Morgan fingerprint density at radius 1 is 1.30 bits per heavy atom. The lowest BCUT2D eigenvalue weighted by molar-refractivity contribution is 0.143. The fraction of sp³-hybridized carbons (Fsp3) is 0.375. The molecule has 1 N–H and O–H groups in total. The van der Waals surface area contributed by atoms with Crippen LogP contribution in [-0.2, 0) is 13.6 Å². The number of amides is 2. The van der Waals surface area contributed by atoms with Crippen molar-refractivity contribution in [1.29, 1.82) is 0 Å². The van der Waals surface area contributed by atoms with Gasteiger partial charge in [0.05, 0.1) is 6.20 Å². The summed E-state index contributed by atoms with van der Waals surface area (Å²) in [6.45, 7) is 4.02. The first-order valence-corrected chi connectivity index (χ1v) is 7.99. The molecule has 1 aliphatic heterocycles. The Morgan fingerprint density at radius 3 is 2.74 bits per heavy atom. The van der Waals surface area contributed by atoms with Gasteiger partial charge in [0.1, 0.15) is 0 Å². The van der Waals surface area contributed by atoms with Crippen molar-refractivity contribution in [3.63, 3.8) is 0 Å². The highest BCUT2D eigenvalue weighted by molar-refractivity contribution is 6.30. The van der Waals surface area contributed by atoms with E-state index in [2.05, 4.69) is 15.3 Å². The molecule has 1 fully saturated rings. The summed E-state index contributed by atoms with van der Waals surface area (Å²) in [5, 5.41) is 7.69. The Balaban J connectivity index is 1.49. The molecule has 1 aromatic carbocycles. The first kappa shape index (κ1) is 15.8. The number of anilines is 1. The third kappa shape index (κ3) is 4.24. The minimum absolute atomic E-state index is 0.0757. The number of aryl methyl sites for hydroxylation is 1. The van der Waals surface area contributed by atoms with E-state index in [9.17, 15) is 4.79 Å². The van der Waals surface area contributed by atoms with Crippen LogP contribution in [0, 0.1) is 0 Å². The first-order valence-electron chi connectivity index (χ1n) is 7.61. The van der Waals surface area contributed by atoms with Crippen LogP contribution in [0.5, 0.6) is 0 Å². The zero-order valence-electron chi connectivity index (χ0n) is 13.1. The molecule has 1 aromatic heterocycles. The Morgan fingerprint density at radius 2 is 2.09 bits per heavy atom. The Kier molecular flexibility index (Phi) is 4.83. The van der Waals surface area contributed by atoms with Crippen LogP contribution in [0.15, 0.2) is 36.7 Å². The molecule has 0 saturated carbocycles. The molecule has 0 unspecified atom stereocenters. The van der Waals surface area contributed by atoms with Crippen LogP contribution in [0.2, 0.25) is 5.02 Å². The average molecular weight is 334 g/mol. The molecule has 23 heavy (non-hydrogen) atoms. The first-order chi connectivity index (χ1) is 11.1. The van der Waals surface area contributed by atoms with Gasteiger partial charge < -0.3 is 10.2 Å². The van der Waals surface area contributed by atoms with Gasteiger partial charge in [0.15, 0.2) is 0 Å². The molecule has 1 aliphatic rings. The number of carbonyl (C=O) groups excluding carboxylic acids is 1. The second kappa shape index (κ2) is 7.02. The quantitative estimate of drug-likeness (QED) is 0.938. The van der Waals surface area contributed by atoms with E-state index in [1.807, 2.05) is 41.2 Å². The van der Waals surface area contributed by atoms with Crippen molar-refractivity contribution in [2.45, 2.75) is 6.54 Å². The molecule has 122 valence electrons. The number of rotatable bonds is 3.